The van der Waals surface area contributed by atoms with Crippen molar-refractivity contribution >= 4 is 17.6 Å². The Labute approximate surface area is 104 Å². The molecule has 1 aliphatic heterocycles. The van der Waals surface area contributed by atoms with Gasteiger partial charge in [-0.05, 0) is 19.8 Å². The van der Waals surface area contributed by atoms with Crippen LogP contribution in [0, 0.1) is 0 Å². The number of rotatable bonds is 3. The van der Waals surface area contributed by atoms with Gasteiger partial charge in [-0.1, -0.05) is 0 Å². The molecule has 2 rings (SSSR count). The van der Waals surface area contributed by atoms with Crippen molar-refractivity contribution < 1.29 is 14.3 Å². The van der Waals surface area contributed by atoms with Crippen LogP contribution in [0.1, 0.15) is 30.3 Å². The van der Waals surface area contributed by atoms with Gasteiger partial charge < -0.3 is 15.4 Å². The number of nitrogens with one attached hydrogen (secondary N) is 1. The van der Waals surface area contributed by atoms with E-state index in [1.54, 1.807) is 6.92 Å². The van der Waals surface area contributed by atoms with Crippen LogP contribution in [-0.4, -0.2) is 46.2 Å². The molecule has 1 aromatic rings. The van der Waals surface area contributed by atoms with Crippen LogP contribution in [0.4, 0.5) is 5.69 Å². The van der Waals surface area contributed by atoms with E-state index < -0.39 is 6.04 Å². The monoisotopic (exact) mass is 252 g/mol. The molecule has 0 saturated carbocycles. The molecule has 0 radical (unpaired) electrons. The van der Waals surface area contributed by atoms with Gasteiger partial charge in [0.05, 0.1) is 18.5 Å². The number of likely N-dealkylation sites (tertiary alicyclic amines) is 1. The summed E-state index contributed by atoms with van der Waals surface area (Å²) in [6.45, 7) is 2.58. The highest BCUT2D eigenvalue weighted by Crippen LogP contribution is 2.22. The molecule has 0 bridgehead atoms. The molecule has 3 N–H and O–H groups in total. The minimum Gasteiger partial charge on any atom is -0.464 e. The van der Waals surface area contributed by atoms with Crippen LogP contribution in [0.2, 0.25) is 0 Å². The van der Waals surface area contributed by atoms with Crippen molar-refractivity contribution in [1.82, 2.24) is 15.1 Å². The van der Waals surface area contributed by atoms with Gasteiger partial charge in [-0.25, -0.2) is 4.79 Å². The predicted octanol–water partition coefficient (Wildman–Crippen LogP) is 0.160. The Bertz CT molecular complexity index is 457. The largest absolute Gasteiger partial charge is 0.464 e. The number of carbonyl (C=O) groups excluding carboxylic acids is 2. The first-order chi connectivity index (χ1) is 8.65. The maximum atomic E-state index is 12.2. The summed E-state index contributed by atoms with van der Waals surface area (Å²) in [7, 11) is 0. The zero-order chi connectivity index (χ0) is 13.1. The maximum absolute atomic E-state index is 12.2. The fourth-order valence-corrected chi connectivity index (χ4v) is 2.10. The second-order valence-corrected chi connectivity index (χ2v) is 4.11. The van der Waals surface area contributed by atoms with Gasteiger partial charge in [0, 0.05) is 6.54 Å². The Hall–Kier alpha value is -2.05. The number of carbonyl (C=O) groups is 2. The highest BCUT2D eigenvalue weighted by atomic mass is 16.5. The molecule has 7 nitrogen and oxygen atoms in total. The first kappa shape index (κ1) is 12.4. The number of esters is 1. The normalized spacial score (nSPS) is 18.9. The van der Waals surface area contributed by atoms with Crippen LogP contribution < -0.4 is 5.73 Å². The van der Waals surface area contributed by atoms with Crippen LogP contribution in [0.15, 0.2) is 6.20 Å². The van der Waals surface area contributed by atoms with Crippen LogP contribution in [0.25, 0.3) is 0 Å². The van der Waals surface area contributed by atoms with Crippen molar-refractivity contribution in [1.29, 1.82) is 0 Å². The number of hydrogen-bond donors (Lipinski definition) is 2. The lowest BCUT2D eigenvalue weighted by Crippen LogP contribution is -2.41. The molecular weight excluding hydrogens is 236 g/mol. The van der Waals surface area contributed by atoms with Gasteiger partial charge in [-0.2, -0.15) is 5.10 Å². The molecule has 1 unspecified atom stereocenters. The predicted molar refractivity (Wildman–Crippen MR) is 63.7 cm³/mol. The third-order valence-corrected chi connectivity index (χ3v) is 2.95. The number of anilines is 1. The van der Waals surface area contributed by atoms with Gasteiger partial charge in [-0.3, -0.25) is 9.89 Å². The van der Waals surface area contributed by atoms with Gasteiger partial charge in [0.2, 0.25) is 0 Å². The summed E-state index contributed by atoms with van der Waals surface area (Å²) in [6, 6.07) is -0.514. The third kappa shape index (κ3) is 2.15. The average molecular weight is 252 g/mol. The van der Waals surface area contributed by atoms with E-state index in [1.807, 2.05) is 0 Å². The van der Waals surface area contributed by atoms with Crippen LogP contribution >= 0.6 is 0 Å². The van der Waals surface area contributed by atoms with Crippen LogP contribution in [-0.2, 0) is 9.53 Å². The summed E-state index contributed by atoms with van der Waals surface area (Å²) in [4.78, 5) is 25.4. The van der Waals surface area contributed by atoms with E-state index in [0.29, 0.717) is 19.6 Å². The molecule has 0 aromatic carbocycles. The molecule has 1 amide bonds. The van der Waals surface area contributed by atoms with Gasteiger partial charge >= 0.3 is 5.97 Å². The zero-order valence-electron chi connectivity index (χ0n) is 10.2. The van der Waals surface area contributed by atoms with Crippen molar-refractivity contribution in [3.8, 4) is 0 Å². The maximum Gasteiger partial charge on any atom is 0.328 e. The summed E-state index contributed by atoms with van der Waals surface area (Å²) in [6.07, 6.45) is 2.78. The number of H-pyrrole nitrogens is 1. The molecule has 1 saturated heterocycles. The summed E-state index contributed by atoms with van der Waals surface area (Å²) in [5.41, 5.74) is 6.15. The molecule has 0 aliphatic carbocycles. The molecule has 98 valence electrons. The van der Waals surface area contributed by atoms with Gasteiger partial charge in [0.1, 0.15) is 11.7 Å². The fraction of sp³-hybridized carbons (Fsp3) is 0.545. The van der Waals surface area contributed by atoms with Crippen LogP contribution in [0.5, 0.6) is 0 Å². The number of hydrogen-bond acceptors (Lipinski definition) is 5. The Kier molecular flexibility index (Phi) is 3.50. The molecular formula is C11H16N4O3. The van der Waals surface area contributed by atoms with Gasteiger partial charge in [0.15, 0.2) is 0 Å². The Balaban J connectivity index is 2.15. The second-order valence-electron chi connectivity index (χ2n) is 4.11. The summed E-state index contributed by atoms with van der Waals surface area (Å²) in [5.74, 6) is -0.665. The molecule has 2 heterocycles. The Morgan fingerprint density at radius 1 is 1.67 bits per heavy atom. The van der Waals surface area contributed by atoms with E-state index in [1.165, 1.54) is 11.1 Å². The number of nitrogen functional groups attached to an aromatic ring is 1. The van der Waals surface area contributed by atoms with Gasteiger partial charge in [-0.15, -0.1) is 0 Å². The minimum atomic E-state index is -0.514. The highest BCUT2D eigenvalue weighted by Gasteiger charge is 2.36. The first-order valence-electron chi connectivity index (χ1n) is 5.91. The molecule has 0 spiro atoms. The van der Waals surface area contributed by atoms with Crippen LogP contribution in [0.3, 0.4) is 0 Å². The van der Waals surface area contributed by atoms with Crippen molar-refractivity contribution in [2.24, 2.45) is 0 Å². The lowest BCUT2D eigenvalue weighted by molar-refractivity contribution is -0.147. The van der Waals surface area contributed by atoms with E-state index in [4.69, 9.17) is 10.5 Å². The van der Waals surface area contributed by atoms with Crippen molar-refractivity contribution in [3.63, 3.8) is 0 Å². The van der Waals surface area contributed by atoms with E-state index in [2.05, 4.69) is 10.2 Å². The number of nitrogens with zero attached hydrogens (tertiary/aromatic N) is 2. The molecule has 1 fully saturated rings. The number of aromatic amines is 1. The lowest BCUT2D eigenvalue weighted by atomic mass is 10.2. The number of amides is 1. The Morgan fingerprint density at radius 2 is 2.44 bits per heavy atom. The Morgan fingerprint density at radius 3 is 3.06 bits per heavy atom. The van der Waals surface area contributed by atoms with E-state index in [0.717, 1.165) is 6.42 Å². The number of ether oxygens (including phenoxy) is 1. The van der Waals surface area contributed by atoms with Crippen molar-refractivity contribution in [2.45, 2.75) is 25.8 Å². The summed E-state index contributed by atoms with van der Waals surface area (Å²) < 4.78 is 4.96. The molecule has 7 heteroatoms. The average Bonchev–Trinajstić information content (AvgIpc) is 2.96. The number of nitrogens with two attached hydrogens (primary N) is 1. The number of aromatic nitrogens is 2. The zero-order valence-corrected chi connectivity index (χ0v) is 10.2. The standard InChI is InChI=1S/C11H16N4O3/c1-2-18-11(17)8-4-3-5-15(8)10(16)9-7(12)6-13-14-9/h6,8H,2-5,12H2,1H3,(H,13,14). The van der Waals surface area contributed by atoms with Crippen molar-refractivity contribution in [2.75, 3.05) is 18.9 Å². The smallest absolute Gasteiger partial charge is 0.328 e. The SMILES string of the molecule is CCOC(=O)C1CCCN1C(=O)c1[nH]ncc1N. The second kappa shape index (κ2) is 5.07. The third-order valence-electron chi connectivity index (χ3n) is 2.95. The van der Waals surface area contributed by atoms with E-state index in [-0.39, 0.29) is 23.3 Å². The molecule has 1 atom stereocenters. The first-order valence-corrected chi connectivity index (χ1v) is 5.91. The summed E-state index contributed by atoms with van der Waals surface area (Å²) in [5, 5.41) is 6.26. The van der Waals surface area contributed by atoms with E-state index >= 15 is 0 Å². The topological polar surface area (TPSA) is 101 Å². The molecule has 1 aromatic heterocycles. The quantitative estimate of drug-likeness (QED) is 0.746. The minimum absolute atomic E-state index is 0.228. The molecule has 1 aliphatic rings. The fourth-order valence-electron chi connectivity index (χ4n) is 2.10. The summed E-state index contributed by atoms with van der Waals surface area (Å²) >= 11 is 0. The highest BCUT2D eigenvalue weighted by molar-refractivity contribution is 5.99. The lowest BCUT2D eigenvalue weighted by Gasteiger charge is -2.22. The van der Waals surface area contributed by atoms with E-state index in [9.17, 15) is 9.59 Å². The van der Waals surface area contributed by atoms with Gasteiger partial charge in [0.25, 0.3) is 5.91 Å². The van der Waals surface area contributed by atoms with Crippen molar-refractivity contribution in [3.05, 3.63) is 11.9 Å². The molecule has 18 heavy (non-hydrogen) atoms.